The van der Waals surface area contributed by atoms with Gasteiger partial charge >= 0.3 is 13.8 Å². The maximum absolute atomic E-state index is 12.6. The van der Waals surface area contributed by atoms with Crippen LogP contribution in [0.15, 0.2) is 109 Å². The fourth-order valence-corrected chi connectivity index (χ4v) is 5.85. The Balaban J connectivity index is 4.21. The van der Waals surface area contributed by atoms with Crippen molar-refractivity contribution < 1.29 is 32.8 Å². The number of esters is 1. The van der Waals surface area contributed by atoms with Gasteiger partial charge in [-0.2, -0.15) is 0 Å². The van der Waals surface area contributed by atoms with E-state index in [0.29, 0.717) is 13.0 Å². The van der Waals surface area contributed by atoms with Crippen LogP contribution in [0.3, 0.4) is 0 Å². The van der Waals surface area contributed by atoms with Gasteiger partial charge in [0.1, 0.15) is 6.10 Å². The molecule has 0 saturated heterocycles. The Labute approximate surface area is 342 Å². The average molecular weight is 800 g/mol. The molecule has 3 N–H and O–H groups in total. The first-order chi connectivity index (χ1) is 27.4. The van der Waals surface area contributed by atoms with Gasteiger partial charge in [0.25, 0.3) is 0 Å². The standard InChI is InChI=1S/C47H78NO7P/c1-3-5-7-9-11-13-15-17-19-20-21-22-23-24-25-26-27-28-30-32-34-36-38-40-47(49)55-46(45-54-56(50,51)53-43-41-48)44-52-42-39-37-35-33-31-29-18-16-14-12-10-8-6-4-2/h5,7-8,10-11,13-14,16-17,19,21-22,24-25,27-28,32,34,46H,3-4,6,9,12,15,18,20,23,26,29-31,33,35-45,48H2,1-2H3,(H,50,51)/b7-5-,10-8-,13-11-,16-14-,19-17-,22-21-,25-24-,28-27-,34-32-. The highest BCUT2D eigenvalue weighted by molar-refractivity contribution is 7.47. The molecular weight excluding hydrogens is 721 g/mol. The molecule has 0 bridgehead atoms. The quantitative estimate of drug-likeness (QED) is 0.0273. The normalized spacial score (nSPS) is 14.6. The van der Waals surface area contributed by atoms with Gasteiger partial charge in [0.05, 0.1) is 19.8 Å². The minimum atomic E-state index is -4.30. The number of rotatable bonds is 39. The largest absolute Gasteiger partial charge is 0.472 e. The highest BCUT2D eigenvalue weighted by atomic mass is 31.2. The second-order valence-electron chi connectivity index (χ2n) is 13.5. The lowest BCUT2D eigenvalue weighted by molar-refractivity contribution is -0.154. The molecule has 9 heteroatoms. The molecule has 56 heavy (non-hydrogen) atoms. The van der Waals surface area contributed by atoms with Crippen LogP contribution in [-0.4, -0.2) is 49.9 Å². The Morgan fingerprint density at radius 2 is 1.00 bits per heavy atom. The molecule has 0 spiro atoms. The molecule has 0 amide bonds. The average Bonchev–Trinajstić information content (AvgIpc) is 3.19. The van der Waals surface area contributed by atoms with Crippen molar-refractivity contribution in [2.75, 3.05) is 33.0 Å². The van der Waals surface area contributed by atoms with E-state index >= 15 is 0 Å². The Morgan fingerprint density at radius 1 is 0.554 bits per heavy atom. The lowest BCUT2D eigenvalue weighted by Gasteiger charge is -2.20. The number of nitrogens with two attached hydrogens (primary N) is 1. The van der Waals surface area contributed by atoms with Crippen LogP contribution in [0.25, 0.3) is 0 Å². The van der Waals surface area contributed by atoms with E-state index in [-0.39, 0.29) is 32.8 Å². The SMILES string of the molecule is CC/C=C\C/C=C\C/C=C\C/C=C\C/C=C\C/C=C\C/C=C\CCCC(=O)OC(COCCCCCCCC/C=C\C/C=C\CCC)COP(=O)(O)OCCN. The summed E-state index contributed by atoms with van der Waals surface area (Å²) in [5, 5.41) is 0. The Morgan fingerprint density at radius 3 is 1.50 bits per heavy atom. The molecule has 0 radical (unpaired) electrons. The lowest BCUT2D eigenvalue weighted by atomic mass is 10.1. The number of phosphoric ester groups is 1. The molecule has 8 nitrogen and oxygen atoms in total. The monoisotopic (exact) mass is 800 g/mol. The molecule has 0 saturated carbocycles. The van der Waals surface area contributed by atoms with Crippen LogP contribution in [0.4, 0.5) is 0 Å². The number of unbranched alkanes of at least 4 members (excludes halogenated alkanes) is 8. The summed E-state index contributed by atoms with van der Waals surface area (Å²) in [6, 6.07) is 0. The number of carbonyl (C=O) groups excluding carboxylic acids is 1. The zero-order chi connectivity index (χ0) is 40.9. The Kier molecular flexibility index (Phi) is 41.1. The maximum Gasteiger partial charge on any atom is 0.472 e. The van der Waals surface area contributed by atoms with Gasteiger partial charge in [0.15, 0.2) is 0 Å². The first-order valence-corrected chi connectivity index (χ1v) is 22.9. The molecular formula is C47H78NO7P. The van der Waals surface area contributed by atoms with Crippen LogP contribution in [0.1, 0.15) is 142 Å². The van der Waals surface area contributed by atoms with Crippen molar-refractivity contribution in [3.8, 4) is 0 Å². The first-order valence-electron chi connectivity index (χ1n) is 21.4. The summed E-state index contributed by atoms with van der Waals surface area (Å²) in [4.78, 5) is 22.5. The van der Waals surface area contributed by atoms with E-state index in [1.54, 1.807) is 0 Å². The third kappa shape index (κ3) is 42.3. The zero-order valence-corrected chi connectivity index (χ0v) is 36.0. The van der Waals surface area contributed by atoms with Crippen molar-refractivity contribution in [3.63, 3.8) is 0 Å². The van der Waals surface area contributed by atoms with Crippen molar-refractivity contribution >= 4 is 13.8 Å². The summed E-state index contributed by atoms with van der Waals surface area (Å²) in [6.07, 6.45) is 58.3. The summed E-state index contributed by atoms with van der Waals surface area (Å²) < 4.78 is 33.3. The fourth-order valence-electron chi connectivity index (χ4n) is 5.08. The number of hydrogen-bond acceptors (Lipinski definition) is 7. The third-order valence-corrected chi connectivity index (χ3v) is 9.14. The number of phosphoric acid groups is 1. The summed E-state index contributed by atoms with van der Waals surface area (Å²) in [5.74, 6) is -0.397. The minimum absolute atomic E-state index is 0.0778. The highest BCUT2D eigenvalue weighted by Crippen LogP contribution is 2.43. The summed E-state index contributed by atoms with van der Waals surface area (Å²) >= 11 is 0. The molecule has 318 valence electrons. The van der Waals surface area contributed by atoms with E-state index in [2.05, 4.69) is 123 Å². The lowest BCUT2D eigenvalue weighted by Crippen LogP contribution is -2.28. The predicted molar refractivity (Wildman–Crippen MR) is 237 cm³/mol. The molecule has 0 aliphatic rings. The molecule has 0 aromatic rings. The number of ether oxygens (including phenoxy) is 2. The zero-order valence-electron chi connectivity index (χ0n) is 35.1. The molecule has 0 rings (SSSR count). The van der Waals surface area contributed by atoms with Crippen LogP contribution >= 0.6 is 7.82 Å². The van der Waals surface area contributed by atoms with Crippen molar-refractivity contribution in [1.82, 2.24) is 0 Å². The van der Waals surface area contributed by atoms with Gasteiger partial charge in [-0.3, -0.25) is 13.8 Å². The van der Waals surface area contributed by atoms with Crippen molar-refractivity contribution in [3.05, 3.63) is 109 Å². The number of allylic oxidation sites excluding steroid dienone is 18. The van der Waals surface area contributed by atoms with Crippen molar-refractivity contribution in [1.29, 1.82) is 0 Å². The summed E-state index contributed by atoms with van der Waals surface area (Å²) in [5.41, 5.74) is 5.36. The summed E-state index contributed by atoms with van der Waals surface area (Å²) in [6.45, 7) is 4.60. The van der Waals surface area contributed by atoms with Gasteiger partial charge in [-0.05, 0) is 89.9 Å². The Bertz CT molecular complexity index is 1210. The van der Waals surface area contributed by atoms with Crippen LogP contribution < -0.4 is 5.73 Å². The second kappa shape index (κ2) is 43.3. The topological polar surface area (TPSA) is 117 Å². The van der Waals surface area contributed by atoms with E-state index in [4.69, 9.17) is 24.3 Å². The van der Waals surface area contributed by atoms with Gasteiger partial charge < -0.3 is 20.1 Å². The van der Waals surface area contributed by atoms with Gasteiger partial charge in [-0.1, -0.05) is 155 Å². The molecule has 0 aliphatic heterocycles. The third-order valence-electron chi connectivity index (χ3n) is 8.16. The van der Waals surface area contributed by atoms with E-state index in [1.165, 1.54) is 25.7 Å². The molecule has 0 aliphatic carbocycles. The number of carbonyl (C=O) groups is 1. The van der Waals surface area contributed by atoms with Gasteiger partial charge in [-0.25, -0.2) is 4.57 Å². The minimum Gasteiger partial charge on any atom is -0.457 e. The Hall–Kier alpha value is -2.84. The van der Waals surface area contributed by atoms with Gasteiger partial charge in [0, 0.05) is 19.6 Å². The van der Waals surface area contributed by atoms with Crippen LogP contribution in [0, 0.1) is 0 Å². The molecule has 0 heterocycles. The van der Waals surface area contributed by atoms with Gasteiger partial charge in [-0.15, -0.1) is 0 Å². The van der Waals surface area contributed by atoms with E-state index in [0.717, 1.165) is 89.9 Å². The molecule has 2 atom stereocenters. The molecule has 2 unspecified atom stereocenters. The molecule has 0 aromatic heterocycles. The summed E-state index contributed by atoms with van der Waals surface area (Å²) in [7, 11) is -4.30. The molecule has 0 aromatic carbocycles. The van der Waals surface area contributed by atoms with Crippen LogP contribution in [-0.2, 0) is 27.9 Å². The maximum atomic E-state index is 12.6. The van der Waals surface area contributed by atoms with Gasteiger partial charge in [0.2, 0.25) is 0 Å². The fraction of sp³-hybridized carbons (Fsp3) is 0.596. The van der Waals surface area contributed by atoms with E-state index in [9.17, 15) is 14.3 Å². The van der Waals surface area contributed by atoms with Crippen molar-refractivity contribution in [2.45, 2.75) is 148 Å². The number of hydrogen-bond donors (Lipinski definition) is 2. The van der Waals surface area contributed by atoms with Crippen LogP contribution in [0.5, 0.6) is 0 Å². The smallest absolute Gasteiger partial charge is 0.457 e. The second-order valence-corrected chi connectivity index (χ2v) is 14.9. The van der Waals surface area contributed by atoms with Crippen molar-refractivity contribution in [2.24, 2.45) is 5.73 Å². The molecule has 0 fully saturated rings. The first kappa shape index (κ1) is 53.2. The predicted octanol–water partition coefficient (Wildman–Crippen LogP) is 12.9. The van der Waals surface area contributed by atoms with E-state index < -0.39 is 19.9 Å². The van der Waals surface area contributed by atoms with E-state index in [1.807, 2.05) is 0 Å². The highest BCUT2D eigenvalue weighted by Gasteiger charge is 2.25. The van der Waals surface area contributed by atoms with Crippen LogP contribution in [0.2, 0.25) is 0 Å².